The molecule has 1 heterocycles. The van der Waals surface area contributed by atoms with Crippen LogP contribution >= 0.6 is 0 Å². The Balaban J connectivity index is 2.21. The minimum atomic E-state index is 0.0672. The van der Waals surface area contributed by atoms with Gasteiger partial charge in [0.1, 0.15) is 0 Å². The summed E-state index contributed by atoms with van der Waals surface area (Å²) in [4.78, 5) is 16.2. The van der Waals surface area contributed by atoms with Crippen molar-refractivity contribution in [1.82, 2.24) is 9.55 Å². The van der Waals surface area contributed by atoms with E-state index in [1.165, 1.54) is 0 Å². The van der Waals surface area contributed by atoms with E-state index in [2.05, 4.69) is 4.98 Å². The van der Waals surface area contributed by atoms with Gasteiger partial charge in [-0.3, -0.25) is 4.79 Å². The van der Waals surface area contributed by atoms with Crippen molar-refractivity contribution in [3.05, 3.63) is 30.1 Å². The largest absolute Gasteiger partial charge is 0.334 e. The number of ketones is 1. The molecule has 0 amide bonds. The maximum atomic E-state index is 11.9. The van der Waals surface area contributed by atoms with Crippen LogP contribution in [0, 0.1) is 0 Å². The van der Waals surface area contributed by atoms with Gasteiger partial charge in [-0.1, -0.05) is 0 Å². The molecule has 1 aromatic heterocycles. The molecule has 1 unspecified atom stereocenters. The van der Waals surface area contributed by atoms with E-state index in [0.29, 0.717) is 6.42 Å². The quantitative estimate of drug-likeness (QED) is 0.817. The smallest absolute Gasteiger partial charge is 0.163 e. The van der Waals surface area contributed by atoms with E-state index < -0.39 is 0 Å². The zero-order chi connectivity index (χ0) is 12.4. The second kappa shape index (κ2) is 4.67. The van der Waals surface area contributed by atoms with E-state index in [0.717, 1.165) is 23.0 Å². The van der Waals surface area contributed by atoms with Gasteiger partial charge < -0.3 is 10.3 Å². The number of nitrogens with zero attached hydrogens (tertiary/aromatic N) is 2. The van der Waals surface area contributed by atoms with Gasteiger partial charge in [-0.2, -0.15) is 0 Å². The Bertz CT molecular complexity index is 543. The molecule has 0 saturated heterocycles. The highest BCUT2D eigenvalue weighted by atomic mass is 16.1. The van der Waals surface area contributed by atoms with Gasteiger partial charge in [0.2, 0.25) is 0 Å². The van der Waals surface area contributed by atoms with Crippen LogP contribution in [0.1, 0.15) is 30.1 Å². The predicted molar refractivity (Wildman–Crippen MR) is 67.9 cm³/mol. The normalized spacial score (nSPS) is 12.9. The van der Waals surface area contributed by atoms with E-state index in [4.69, 9.17) is 5.73 Å². The number of aryl methyl sites for hydroxylation is 1. The number of carbonyl (C=O) groups excluding carboxylic acids is 1. The summed E-state index contributed by atoms with van der Waals surface area (Å²) in [5.74, 6) is 0.134. The van der Waals surface area contributed by atoms with Crippen LogP contribution in [0.3, 0.4) is 0 Å². The Morgan fingerprint density at radius 2 is 2.29 bits per heavy atom. The Hall–Kier alpha value is -1.68. The first-order chi connectivity index (χ1) is 8.08. The molecule has 0 aliphatic carbocycles. The van der Waals surface area contributed by atoms with Crippen molar-refractivity contribution in [1.29, 1.82) is 0 Å². The summed E-state index contributed by atoms with van der Waals surface area (Å²) in [6.07, 6.45) is 2.97. The van der Waals surface area contributed by atoms with Crippen LogP contribution in [-0.2, 0) is 7.05 Å². The number of fused-ring (bicyclic) bond motifs is 1. The van der Waals surface area contributed by atoms with Crippen LogP contribution < -0.4 is 5.73 Å². The standard InChI is InChI=1S/C13H17N3O/c1-9(14)3-6-13(17)10-4-5-12-11(7-10)15-8-16(12)2/h4-5,7-9H,3,6,14H2,1-2H3. The zero-order valence-electron chi connectivity index (χ0n) is 10.2. The van der Waals surface area contributed by atoms with Gasteiger partial charge in [0.25, 0.3) is 0 Å². The Morgan fingerprint density at radius 3 is 3.00 bits per heavy atom. The molecule has 4 heteroatoms. The number of rotatable bonds is 4. The fraction of sp³-hybridized carbons (Fsp3) is 0.385. The lowest BCUT2D eigenvalue weighted by atomic mass is 10.0. The number of hydrogen-bond donors (Lipinski definition) is 1. The number of imidazole rings is 1. The van der Waals surface area contributed by atoms with Crippen LogP contribution in [0.4, 0.5) is 0 Å². The molecule has 0 bridgehead atoms. The number of aromatic nitrogens is 2. The monoisotopic (exact) mass is 231 g/mol. The van der Waals surface area contributed by atoms with Gasteiger partial charge >= 0.3 is 0 Å². The summed E-state index contributed by atoms with van der Waals surface area (Å²) in [6, 6.07) is 5.70. The van der Waals surface area contributed by atoms with Crippen molar-refractivity contribution < 1.29 is 4.79 Å². The molecule has 0 aliphatic heterocycles. The topological polar surface area (TPSA) is 60.9 Å². The second-order valence-corrected chi connectivity index (χ2v) is 4.50. The van der Waals surface area contributed by atoms with Crippen molar-refractivity contribution in [3.63, 3.8) is 0 Å². The maximum Gasteiger partial charge on any atom is 0.163 e. The summed E-state index contributed by atoms with van der Waals surface area (Å²) in [6.45, 7) is 1.91. The average Bonchev–Trinajstić information content (AvgIpc) is 2.67. The summed E-state index contributed by atoms with van der Waals surface area (Å²) in [5.41, 5.74) is 8.26. The van der Waals surface area contributed by atoms with Crippen LogP contribution in [-0.4, -0.2) is 21.4 Å². The van der Waals surface area contributed by atoms with Crippen molar-refractivity contribution in [3.8, 4) is 0 Å². The SMILES string of the molecule is CC(N)CCC(=O)c1ccc2c(c1)ncn2C. The van der Waals surface area contributed by atoms with Crippen LogP contribution in [0.15, 0.2) is 24.5 Å². The van der Waals surface area contributed by atoms with Gasteiger partial charge in [0.05, 0.1) is 17.4 Å². The molecule has 4 nitrogen and oxygen atoms in total. The number of Topliss-reactive ketones (excluding diaryl/α,β-unsaturated/α-hetero) is 1. The molecule has 0 aliphatic rings. The highest BCUT2D eigenvalue weighted by Gasteiger charge is 2.09. The molecule has 2 aromatic rings. The average molecular weight is 231 g/mol. The molecule has 0 fully saturated rings. The maximum absolute atomic E-state index is 11.9. The molecule has 17 heavy (non-hydrogen) atoms. The fourth-order valence-corrected chi connectivity index (χ4v) is 1.81. The Morgan fingerprint density at radius 1 is 1.53 bits per heavy atom. The van der Waals surface area contributed by atoms with E-state index in [1.807, 2.05) is 36.7 Å². The molecular formula is C13H17N3O. The predicted octanol–water partition coefficient (Wildman–Crippen LogP) is 1.88. The van der Waals surface area contributed by atoms with Gasteiger partial charge in [0, 0.05) is 25.1 Å². The minimum absolute atomic E-state index is 0.0672. The first-order valence-corrected chi connectivity index (χ1v) is 5.78. The number of nitrogens with two attached hydrogens (primary N) is 1. The van der Waals surface area contributed by atoms with Crippen LogP contribution in [0.2, 0.25) is 0 Å². The van der Waals surface area contributed by atoms with Crippen molar-refractivity contribution in [2.75, 3.05) is 0 Å². The van der Waals surface area contributed by atoms with Crippen molar-refractivity contribution in [2.24, 2.45) is 12.8 Å². The highest BCUT2D eigenvalue weighted by Crippen LogP contribution is 2.15. The molecule has 2 N–H and O–H groups in total. The third-order valence-electron chi connectivity index (χ3n) is 2.87. The Kier molecular flexibility index (Phi) is 3.24. The van der Waals surface area contributed by atoms with E-state index >= 15 is 0 Å². The fourth-order valence-electron chi connectivity index (χ4n) is 1.81. The van der Waals surface area contributed by atoms with E-state index in [-0.39, 0.29) is 11.8 Å². The van der Waals surface area contributed by atoms with Crippen molar-refractivity contribution in [2.45, 2.75) is 25.8 Å². The highest BCUT2D eigenvalue weighted by molar-refractivity contribution is 5.98. The molecule has 90 valence electrons. The molecule has 0 spiro atoms. The lowest BCUT2D eigenvalue weighted by Gasteiger charge is -2.04. The van der Waals surface area contributed by atoms with Crippen molar-refractivity contribution >= 4 is 16.8 Å². The minimum Gasteiger partial charge on any atom is -0.334 e. The lowest BCUT2D eigenvalue weighted by Crippen LogP contribution is -2.16. The van der Waals surface area contributed by atoms with Gasteiger partial charge in [0.15, 0.2) is 5.78 Å². The van der Waals surface area contributed by atoms with Crippen LogP contribution in [0.5, 0.6) is 0 Å². The van der Waals surface area contributed by atoms with Gasteiger partial charge in [-0.05, 0) is 31.5 Å². The van der Waals surface area contributed by atoms with E-state index in [1.54, 1.807) is 6.33 Å². The third kappa shape index (κ3) is 2.53. The van der Waals surface area contributed by atoms with E-state index in [9.17, 15) is 4.79 Å². The molecular weight excluding hydrogens is 214 g/mol. The van der Waals surface area contributed by atoms with Crippen LogP contribution in [0.25, 0.3) is 11.0 Å². The summed E-state index contributed by atoms with van der Waals surface area (Å²) < 4.78 is 1.94. The summed E-state index contributed by atoms with van der Waals surface area (Å²) >= 11 is 0. The van der Waals surface area contributed by atoms with Gasteiger partial charge in [-0.15, -0.1) is 0 Å². The first kappa shape index (κ1) is 11.8. The second-order valence-electron chi connectivity index (χ2n) is 4.50. The molecule has 0 saturated carbocycles. The number of carbonyl (C=O) groups is 1. The van der Waals surface area contributed by atoms with Gasteiger partial charge in [-0.25, -0.2) is 4.98 Å². The Labute approximate surface area is 100 Å². The lowest BCUT2D eigenvalue weighted by molar-refractivity contribution is 0.0978. The summed E-state index contributed by atoms with van der Waals surface area (Å²) in [7, 11) is 1.94. The molecule has 1 aromatic carbocycles. The first-order valence-electron chi connectivity index (χ1n) is 5.78. The third-order valence-corrected chi connectivity index (χ3v) is 2.87. The number of benzene rings is 1. The molecule has 1 atom stereocenters. The molecule has 2 rings (SSSR count). The number of hydrogen-bond acceptors (Lipinski definition) is 3. The zero-order valence-corrected chi connectivity index (χ0v) is 10.2. The summed E-state index contributed by atoms with van der Waals surface area (Å²) in [5, 5.41) is 0. The molecule has 0 radical (unpaired) electrons.